The number of carbonyl (C=O) groups excluding carboxylic acids is 1. The Bertz CT molecular complexity index is 886. The molecule has 6 nitrogen and oxygen atoms in total. The number of rotatable bonds is 2. The van der Waals surface area contributed by atoms with Gasteiger partial charge in [0.15, 0.2) is 5.82 Å². The molecule has 0 radical (unpaired) electrons. The molecule has 0 bridgehead atoms. The molecule has 3 heterocycles. The van der Waals surface area contributed by atoms with Crippen LogP contribution in [0.4, 0.5) is 5.82 Å². The number of pyridine rings is 1. The highest BCUT2D eigenvalue weighted by Gasteiger charge is 2.21. The maximum absolute atomic E-state index is 12.7. The Morgan fingerprint density at radius 1 is 1.30 bits per heavy atom. The van der Waals surface area contributed by atoms with Gasteiger partial charge < -0.3 is 10.2 Å². The molecule has 3 aromatic rings. The molecule has 0 atom stereocenters. The van der Waals surface area contributed by atoms with Crippen LogP contribution in [0.2, 0.25) is 0 Å². The second kappa shape index (κ2) is 5.48. The van der Waals surface area contributed by atoms with Gasteiger partial charge in [-0.05, 0) is 36.7 Å². The van der Waals surface area contributed by atoms with Gasteiger partial charge in [0, 0.05) is 30.9 Å². The molecule has 0 saturated heterocycles. The van der Waals surface area contributed by atoms with Gasteiger partial charge in [-0.2, -0.15) is 5.10 Å². The van der Waals surface area contributed by atoms with Crippen molar-refractivity contribution in [1.29, 1.82) is 0 Å². The van der Waals surface area contributed by atoms with Crippen molar-refractivity contribution in [2.24, 2.45) is 0 Å². The lowest BCUT2D eigenvalue weighted by Crippen LogP contribution is -2.29. The molecule has 2 aromatic heterocycles. The molecule has 0 saturated carbocycles. The summed E-state index contributed by atoms with van der Waals surface area (Å²) < 4.78 is 0. The molecule has 0 aliphatic carbocycles. The normalized spacial score (nSPS) is 14.7. The Kier molecular flexibility index (Phi) is 3.31. The number of anilines is 1. The summed E-state index contributed by atoms with van der Waals surface area (Å²) in [7, 11) is 2.07. The van der Waals surface area contributed by atoms with Crippen LogP contribution >= 0.6 is 0 Å². The summed E-state index contributed by atoms with van der Waals surface area (Å²) in [5.41, 5.74) is 3.76. The molecule has 1 aromatic carbocycles. The van der Waals surface area contributed by atoms with E-state index < -0.39 is 0 Å². The van der Waals surface area contributed by atoms with Gasteiger partial charge in [-0.15, -0.1) is 0 Å². The van der Waals surface area contributed by atoms with E-state index in [0.717, 1.165) is 41.5 Å². The minimum atomic E-state index is -0.156. The van der Waals surface area contributed by atoms with Crippen LogP contribution in [0.25, 0.3) is 10.9 Å². The molecule has 4 rings (SSSR count). The van der Waals surface area contributed by atoms with Crippen molar-refractivity contribution in [2.45, 2.75) is 13.0 Å². The fourth-order valence-corrected chi connectivity index (χ4v) is 3.06. The standard InChI is InChI=1S/C17H17N5O/c1-22-7-6-12-11(10-22)8-18-9-14(12)17(23)19-16-13-4-2-3-5-15(13)20-21-16/h2-5,8-9H,6-7,10H2,1H3,(H2,19,20,21,23). The zero-order chi connectivity index (χ0) is 15.8. The third-order valence-electron chi connectivity index (χ3n) is 4.28. The van der Waals surface area contributed by atoms with E-state index in [9.17, 15) is 4.79 Å². The Morgan fingerprint density at radius 2 is 2.17 bits per heavy atom. The van der Waals surface area contributed by atoms with Crippen LogP contribution in [-0.4, -0.2) is 39.6 Å². The highest BCUT2D eigenvalue weighted by molar-refractivity contribution is 6.08. The predicted octanol–water partition coefficient (Wildman–Crippen LogP) is 2.20. The van der Waals surface area contributed by atoms with Gasteiger partial charge in [0.05, 0.1) is 11.1 Å². The van der Waals surface area contributed by atoms with Crippen LogP contribution in [0.5, 0.6) is 0 Å². The molecular weight excluding hydrogens is 290 g/mol. The summed E-state index contributed by atoms with van der Waals surface area (Å²) in [5.74, 6) is 0.396. The topological polar surface area (TPSA) is 73.9 Å². The first-order chi connectivity index (χ1) is 11.2. The summed E-state index contributed by atoms with van der Waals surface area (Å²) in [6.45, 7) is 1.78. The van der Waals surface area contributed by atoms with Crippen molar-refractivity contribution < 1.29 is 4.79 Å². The Morgan fingerprint density at radius 3 is 3.09 bits per heavy atom. The van der Waals surface area contributed by atoms with Gasteiger partial charge in [0.25, 0.3) is 5.91 Å². The molecule has 1 aliphatic heterocycles. The van der Waals surface area contributed by atoms with Gasteiger partial charge in [-0.25, -0.2) is 0 Å². The number of para-hydroxylation sites is 1. The van der Waals surface area contributed by atoms with Crippen molar-refractivity contribution in [1.82, 2.24) is 20.1 Å². The number of fused-ring (bicyclic) bond motifs is 2. The number of benzene rings is 1. The van der Waals surface area contributed by atoms with E-state index in [0.29, 0.717) is 11.4 Å². The number of amides is 1. The number of aromatic nitrogens is 3. The maximum Gasteiger partial charge on any atom is 0.258 e. The van der Waals surface area contributed by atoms with E-state index in [-0.39, 0.29) is 5.91 Å². The fourth-order valence-electron chi connectivity index (χ4n) is 3.06. The zero-order valence-corrected chi connectivity index (χ0v) is 12.8. The van der Waals surface area contributed by atoms with E-state index in [1.54, 1.807) is 6.20 Å². The average molecular weight is 307 g/mol. The van der Waals surface area contributed by atoms with Crippen molar-refractivity contribution in [3.63, 3.8) is 0 Å². The Hall–Kier alpha value is -2.73. The van der Waals surface area contributed by atoms with Gasteiger partial charge in [-0.1, -0.05) is 12.1 Å². The van der Waals surface area contributed by atoms with Crippen LogP contribution in [0.3, 0.4) is 0 Å². The first-order valence-corrected chi connectivity index (χ1v) is 7.61. The molecule has 23 heavy (non-hydrogen) atoms. The second-order valence-corrected chi connectivity index (χ2v) is 5.88. The largest absolute Gasteiger partial charge is 0.305 e. The van der Waals surface area contributed by atoms with Crippen molar-refractivity contribution >= 4 is 22.6 Å². The van der Waals surface area contributed by atoms with Crippen molar-refractivity contribution in [3.8, 4) is 0 Å². The van der Waals surface area contributed by atoms with Crippen LogP contribution in [0, 0.1) is 0 Å². The van der Waals surface area contributed by atoms with Gasteiger partial charge in [0.2, 0.25) is 0 Å². The molecule has 1 aliphatic rings. The summed E-state index contributed by atoms with van der Waals surface area (Å²) >= 11 is 0. The average Bonchev–Trinajstić information content (AvgIpc) is 2.97. The molecule has 0 unspecified atom stereocenters. The number of carbonyl (C=O) groups is 1. The Balaban J connectivity index is 1.66. The predicted molar refractivity (Wildman–Crippen MR) is 88.3 cm³/mol. The van der Waals surface area contributed by atoms with Crippen molar-refractivity contribution in [3.05, 3.63) is 53.3 Å². The maximum atomic E-state index is 12.7. The first kappa shape index (κ1) is 13.9. The molecule has 6 heteroatoms. The van der Waals surface area contributed by atoms with Crippen LogP contribution in [0.15, 0.2) is 36.7 Å². The third kappa shape index (κ3) is 2.47. The highest BCUT2D eigenvalue weighted by Crippen LogP contribution is 2.23. The van der Waals surface area contributed by atoms with E-state index in [1.165, 1.54) is 0 Å². The van der Waals surface area contributed by atoms with Gasteiger partial charge in [0.1, 0.15) is 0 Å². The Labute approximate surface area is 133 Å². The SMILES string of the molecule is CN1CCc2c(cncc2C(=O)Nc2n[nH]c3ccccc23)C1. The quantitative estimate of drug-likeness (QED) is 0.761. The summed E-state index contributed by atoms with van der Waals surface area (Å²) in [6, 6.07) is 7.72. The van der Waals surface area contributed by atoms with Crippen LogP contribution in [0.1, 0.15) is 21.5 Å². The molecule has 116 valence electrons. The number of nitrogens with one attached hydrogen (secondary N) is 2. The first-order valence-electron chi connectivity index (χ1n) is 7.61. The van der Waals surface area contributed by atoms with Gasteiger partial charge >= 0.3 is 0 Å². The van der Waals surface area contributed by atoms with Gasteiger partial charge in [-0.3, -0.25) is 14.9 Å². The monoisotopic (exact) mass is 307 g/mol. The zero-order valence-electron chi connectivity index (χ0n) is 12.8. The number of H-pyrrole nitrogens is 1. The highest BCUT2D eigenvalue weighted by atomic mass is 16.1. The molecule has 0 spiro atoms. The second-order valence-electron chi connectivity index (χ2n) is 5.88. The number of hydrogen-bond donors (Lipinski definition) is 2. The lowest BCUT2D eigenvalue weighted by Gasteiger charge is -2.25. The minimum absolute atomic E-state index is 0.156. The van der Waals surface area contributed by atoms with Crippen molar-refractivity contribution in [2.75, 3.05) is 18.9 Å². The van der Waals surface area contributed by atoms with E-state index in [4.69, 9.17) is 0 Å². The van der Waals surface area contributed by atoms with E-state index in [1.807, 2.05) is 30.5 Å². The molecular formula is C17H17N5O. The van der Waals surface area contributed by atoms with E-state index >= 15 is 0 Å². The fraction of sp³-hybridized carbons (Fsp3) is 0.235. The number of hydrogen-bond acceptors (Lipinski definition) is 4. The molecule has 0 fully saturated rings. The smallest absolute Gasteiger partial charge is 0.258 e. The van der Waals surface area contributed by atoms with Crippen LogP contribution < -0.4 is 5.32 Å². The summed E-state index contributed by atoms with van der Waals surface area (Å²) in [5, 5.41) is 10.9. The lowest BCUT2D eigenvalue weighted by atomic mass is 9.97. The summed E-state index contributed by atoms with van der Waals surface area (Å²) in [4.78, 5) is 19.1. The number of likely N-dealkylation sites (N-methyl/N-ethyl adjacent to an activating group) is 1. The summed E-state index contributed by atoms with van der Waals surface area (Å²) in [6.07, 6.45) is 4.36. The lowest BCUT2D eigenvalue weighted by molar-refractivity contribution is 0.102. The molecule has 2 N–H and O–H groups in total. The van der Waals surface area contributed by atoms with Crippen LogP contribution in [-0.2, 0) is 13.0 Å². The van der Waals surface area contributed by atoms with E-state index in [2.05, 4.69) is 32.4 Å². The minimum Gasteiger partial charge on any atom is -0.305 e. The number of aromatic amines is 1. The number of nitrogens with zero attached hydrogens (tertiary/aromatic N) is 3. The third-order valence-corrected chi connectivity index (χ3v) is 4.28. The molecule has 1 amide bonds.